The predicted octanol–water partition coefficient (Wildman–Crippen LogP) is 2.72. The van der Waals surface area contributed by atoms with Crippen LogP contribution >= 0.6 is 11.6 Å². The minimum atomic E-state index is -0.564. The van der Waals surface area contributed by atoms with Crippen molar-refractivity contribution in [3.8, 4) is 0 Å². The van der Waals surface area contributed by atoms with E-state index in [1.807, 2.05) is 26.0 Å². The molecule has 0 radical (unpaired) electrons. The number of hydrogen-bond acceptors (Lipinski definition) is 2. The van der Waals surface area contributed by atoms with E-state index in [4.69, 9.17) is 16.3 Å². The molecule has 1 aromatic carbocycles. The van der Waals surface area contributed by atoms with Crippen LogP contribution in [0.15, 0.2) is 18.2 Å². The molecule has 14 heavy (non-hydrogen) atoms. The third-order valence-electron chi connectivity index (χ3n) is 2.05. The van der Waals surface area contributed by atoms with Gasteiger partial charge in [0.1, 0.15) is 6.10 Å². The maximum Gasteiger partial charge on any atom is 0.102 e. The highest BCUT2D eigenvalue weighted by Crippen LogP contribution is 2.20. The first kappa shape index (κ1) is 11.5. The predicted molar refractivity (Wildman–Crippen MR) is 57.6 cm³/mol. The molecule has 0 saturated carbocycles. The lowest BCUT2D eigenvalue weighted by Gasteiger charge is -2.11. The van der Waals surface area contributed by atoms with Gasteiger partial charge >= 0.3 is 0 Å². The van der Waals surface area contributed by atoms with E-state index >= 15 is 0 Å². The third-order valence-corrected chi connectivity index (χ3v) is 2.47. The molecule has 0 heterocycles. The summed E-state index contributed by atoms with van der Waals surface area (Å²) < 4.78 is 5.14. The molecule has 0 aliphatic carbocycles. The fraction of sp³-hybridized carbons (Fsp3) is 0.455. The molecule has 1 rings (SSSR count). The molecular weight excluding hydrogens is 200 g/mol. The zero-order chi connectivity index (χ0) is 10.6. The lowest BCUT2D eigenvalue weighted by molar-refractivity contribution is 0.0420. The molecule has 1 unspecified atom stereocenters. The van der Waals surface area contributed by atoms with Gasteiger partial charge in [0.2, 0.25) is 0 Å². The fourth-order valence-electron chi connectivity index (χ4n) is 1.20. The summed E-state index contributed by atoms with van der Waals surface area (Å²) >= 11 is 5.88. The van der Waals surface area contributed by atoms with E-state index in [0.717, 1.165) is 16.1 Å². The Balaban J connectivity index is 2.70. The van der Waals surface area contributed by atoms with Crippen molar-refractivity contribution in [2.75, 3.05) is 13.2 Å². The number of benzene rings is 1. The minimum absolute atomic E-state index is 0.331. The zero-order valence-electron chi connectivity index (χ0n) is 8.46. The molecule has 0 bridgehead atoms. The number of rotatable bonds is 4. The van der Waals surface area contributed by atoms with E-state index in [2.05, 4.69) is 0 Å². The smallest absolute Gasteiger partial charge is 0.102 e. The second kappa shape index (κ2) is 5.35. The molecule has 2 nitrogen and oxygen atoms in total. The second-order valence-corrected chi connectivity index (χ2v) is 3.59. The average Bonchev–Trinajstić information content (AvgIpc) is 2.18. The molecule has 0 saturated heterocycles. The second-order valence-electron chi connectivity index (χ2n) is 3.18. The zero-order valence-corrected chi connectivity index (χ0v) is 9.21. The third kappa shape index (κ3) is 2.98. The van der Waals surface area contributed by atoms with Gasteiger partial charge in [-0.1, -0.05) is 23.7 Å². The molecule has 0 spiro atoms. The molecular formula is C11H15ClO2. The van der Waals surface area contributed by atoms with Crippen LogP contribution in [0.3, 0.4) is 0 Å². The quantitative estimate of drug-likeness (QED) is 0.835. The molecule has 0 amide bonds. The van der Waals surface area contributed by atoms with E-state index in [9.17, 15) is 5.11 Å². The van der Waals surface area contributed by atoms with Gasteiger partial charge in [0, 0.05) is 11.6 Å². The Bertz CT molecular complexity index is 299. The van der Waals surface area contributed by atoms with Crippen LogP contribution in [0.5, 0.6) is 0 Å². The van der Waals surface area contributed by atoms with Crippen molar-refractivity contribution >= 4 is 11.6 Å². The summed E-state index contributed by atoms with van der Waals surface area (Å²) in [6.45, 7) is 4.76. The monoisotopic (exact) mass is 214 g/mol. The Morgan fingerprint density at radius 2 is 2.21 bits per heavy atom. The molecule has 0 fully saturated rings. The Labute approximate surface area is 89.5 Å². The maximum absolute atomic E-state index is 9.70. The van der Waals surface area contributed by atoms with Crippen LogP contribution in [0.2, 0.25) is 5.02 Å². The van der Waals surface area contributed by atoms with Crippen molar-refractivity contribution in [2.24, 2.45) is 0 Å². The highest BCUT2D eigenvalue weighted by Gasteiger charge is 2.08. The Morgan fingerprint density at radius 1 is 1.50 bits per heavy atom. The standard InChI is InChI=1S/C11H15ClO2/c1-3-14-7-11(13)9-4-5-10(12)8(2)6-9/h4-6,11,13H,3,7H2,1-2H3. The lowest BCUT2D eigenvalue weighted by atomic mass is 10.1. The minimum Gasteiger partial charge on any atom is -0.386 e. The van der Waals surface area contributed by atoms with Crippen molar-refractivity contribution in [1.29, 1.82) is 0 Å². The Kier molecular flexibility index (Phi) is 4.39. The molecule has 78 valence electrons. The van der Waals surface area contributed by atoms with Gasteiger partial charge in [-0.3, -0.25) is 0 Å². The van der Waals surface area contributed by atoms with Gasteiger partial charge in [0.25, 0.3) is 0 Å². The number of aliphatic hydroxyl groups is 1. The molecule has 1 aromatic rings. The van der Waals surface area contributed by atoms with Gasteiger partial charge in [0.15, 0.2) is 0 Å². The first-order valence-electron chi connectivity index (χ1n) is 4.67. The number of hydrogen-bond donors (Lipinski definition) is 1. The van der Waals surface area contributed by atoms with Crippen LogP contribution in [0.4, 0.5) is 0 Å². The molecule has 0 aliphatic heterocycles. The number of halogens is 1. The van der Waals surface area contributed by atoms with Crippen molar-refractivity contribution in [2.45, 2.75) is 20.0 Å². The maximum atomic E-state index is 9.70. The first-order chi connectivity index (χ1) is 6.65. The van der Waals surface area contributed by atoms with E-state index in [1.54, 1.807) is 6.07 Å². The summed E-state index contributed by atoms with van der Waals surface area (Å²) in [7, 11) is 0. The largest absolute Gasteiger partial charge is 0.386 e. The lowest BCUT2D eigenvalue weighted by Crippen LogP contribution is -2.07. The van der Waals surface area contributed by atoms with Crippen LogP contribution in [0.25, 0.3) is 0 Å². The van der Waals surface area contributed by atoms with Gasteiger partial charge < -0.3 is 9.84 Å². The Morgan fingerprint density at radius 3 is 2.79 bits per heavy atom. The molecule has 1 atom stereocenters. The average molecular weight is 215 g/mol. The van der Waals surface area contributed by atoms with Crippen molar-refractivity contribution in [1.82, 2.24) is 0 Å². The van der Waals surface area contributed by atoms with Crippen LogP contribution in [-0.2, 0) is 4.74 Å². The highest BCUT2D eigenvalue weighted by molar-refractivity contribution is 6.31. The van der Waals surface area contributed by atoms with Crippen molar-refractivity contribution in [3.05, 3.63) is 34.3 Å². The normalized spacial score (nSPS) is 12.9. The highest BCUT2D eigenvalue weighted by atomic mass is 35.5. The molecule has 3 heteroatoms. The Hall–Kier alpha value is -0.570. The number of ether oxygens (including phenoxy) is 1. The van der Waals surface area contributed by atoms with E-state index < -0.39 is 6.10 Å². The molecule has 0 aromatic heterocycles. The van der Waals surface area contributed by atoms with Gasteiger partial charge in [-0.25, -0.2) is 0 Å². The van der Waals surface area contributed by atoms with Crippen LogP contribution in [-0.4, -0.2) is 18.3 Å². The van der Waals surface area contributed by atoms with Gasteiger partial charge in [-0.15, -0.1) is 0 Å². The number of aliphatic hydroxyl groups excluding tert-OH is 1. The SMILES string of the molecule is CCOCC(O)c1ccc(Cl)c(C)c1. The fourth-order valence-corrected chi connectivity index (χ4v) is 1.32. The van der Waals surface area contributed by atoms with Crippen molar-refractivity contribution in [3.63, 3.8) is 0 Å². The van der Waals surface area contributed by atoms with Gasteiger partial charge in [-0.2, -0.15) is 0 Å². The van der Waals surface area contributed by atoms with E-state index in [0.29, 0.717) is 13.2 Å². The number of aryl methyl sites for hydroxylation is 1. The summed E-state index contributed by atoms with van der Waals surface area (Å²) in [5.74, 6) is 0. The summed E-state index contributed by atoms with van der Waals surface area (Å²) in [5.41, 5.74) is 1.82. The van der Waals surface area contributed by atoms with E-state index in [1.165, 1.54) is 0 Å². The van der Waals surface area contributed by atoms with Crippen LogP contribution in [0, 0.1) is 6.92 Å². The molecule has 1 N–H and O–H groups in total. The van der Waals surface area contributed by atoms with Gasteiger partial charge in [0.05, 0.1) is 6.61 Å². The van der Waals surface area contributed by atoms with Crippen molar-refractivity contribution < 1.29 is 9.84 Å². The summed E-state index contributed by atoms with van der Waals surface area (Å²) in [6.07, 6.45) is -0.564. The summed E-state index contributed by atoms with van der Waals surface area (Å²) in [4.78, 5) is 0. The first-order valence-corrected chi connectivity index (χ1v) is 5.04. The van der Waals surface area contributed by atoms with E-state index in [-0.39, 0.29) is 0 Å². The van der Waals surface area contributed by atoms with Gasteiger partial charge in [-0.05, 0) is 31.0 Å². The van der Waals surface area contributed by atoms with Crippen LogP contribution < -0.4 is 0 Å². The topological polar surface area (TPSA) is 29.5 Å². The van der Waals surface area contributed by atoms with Crippen LogP contribution in [0.1, 0.15) is 24.2 Å². The summed E-state index contributed by atoms with van der Waals surface area (Å²) in [6, 6.07) is 5.49. The molecule has 0 aliphatic rings. The summed E-state index contributed by atoms with van der Waals surface area (Å²) in [5, 5.41) is 10.4.